The van der Waals surface area contributed by atoms with Crippen molar-refractivity contribution in [1.82, 2.24) is 15.3 Å². The lowest BCUT2D eigenvalue weighted by atomic mass is 10.2. The maximum atomic E-state index is 5.63. The van der Waals surface area contributed by atoms with Crippen molar-refractivity contribution < 1.29 is 4.74 Å². The smallest absolute Gasteiger partial charge is 0.124 e. The molecule has 0 radical (unpaired) electrons. The second kappa shape index (κ2) is 6.75. The van der Waals surface area contributed by atoms with Crippen molar-refractivity contribution in [2.45, 2.75) is 19.5 Å². The van der Waals surface area contributed by atoms with Gasteiger partial charge in [0.25, 0.3) is 0 Å². The highest BCUT2D eigenvalue weighted by molar-refractivity contribution is 5.33. The summed E-state index contributed by atoms with van der Waals surface area (Å²) in [6, 6.07) is 8.17. The summed E-state index contributed by atoms with van der Waals surface area (Å²) >= 11 is 0. The Morgan fingerprint density at radius 2 is 2.32 bits per heavy atom. The Kier molecular flexibility index (Phi) is 4.75. The minimum Gasteiger partial charge on any atom is -0.489 e. The molecule has 4 heteroatoms. The minimum atomic E-state index is 0.169. The molecule has 1 aromatic carbocycles. The molecular formula is C15H19N3O. The van der Waals surface area contributed by atoms with E-state index in [1.165, 1.54) is 0 Å². The second-order valence-corrected chi connectivity index (χ2v) is 4.28. The van der Waals surface area contributed by atoms with Gasteiger partial charge < -0.3 is 15.0 Å². The Balaban J connectivity index is 1.97. The summed E-state index contributed by atoms with van der Waals surface area (Å²) < 4.78 is 5.63. The van der Waals surface area contributed by atoms with Crippen molar-refractivity contribution in [3.05, 3.63) is 60.7 Å². The number of aromatic nitrogens is 2. The molecule has 0 saturated carbocycles. The van der Waals surface area contributed by atoms with Crippen LogP contribution in [-0.2, 0) is 6.54 Å². The fraction of sp³-hybridized carbons (Fsp3) is 0.267. The van der Waals surface area contributed by atoms with Crippen molar-refractivity contribution in [3.63, 3.8) is 0 Å². The predicted molar refractivity (Wildman–Crippen MR) is 76.0 cm³/mol. The molecule has 2 rings (SSSR count). The average Bonchev–Trinajstić information content (AvgIpc) is 2.97. The van der Waals surface area contributed by atoms with Gasteiger partial charge in [-0.3, -0.25) is 0 Å². The van der Waals surface area contributed by atoms with E-state index in [0.717, 1.165) is 23.7 Å². The quantitative estimate of drug-likeness (QED) is 0.750. The van der Waals surface area contributed by atoms with Gasteiger partial charge in [-0.1, -0.05) is 30.9 Å². The maximum Gasteiger partial charge on any atom is 0.124 e. The lowest BCUT2D eigenvalue weighted by Gasteiger charge is -2.14. The van der Waals surface area contributed by atoms with E-state index in [1.54, 1.807) is 12.3 Å². The lowest BCUT2D eigenvalue weighted by molar-refractivity contribution is 0.357. The van der Waals surface area contributed by atoms with Crippen molar-refractivity contribution in [1.29, 1.82) is 0 Å². The van der Waals surface area contributed by atoms with E-state index in [4.69, 9.17) is 4.74 Å². The van der Waals surface area contributed by atoms with Gasteiger partial charge in [0.05, 0.1) is 6.04 Å². The number of hydrogen-bond acceptors (Lipinski definition) is 3. The van der Waals surface area contributed by atoms with E-state index in [1.807, 2.05) is 24.4 Å². The van der Waals surface area contributed by atoms with Crippen LogP contribution in [0.1, 0.15) is 24.4 Å². The minimum absolute atomic E-state index is 0.169. The van der Waals surface area contributed by atoms with Crippen molar-refractivity contribution >= 4 is 0 Å². The second-order valence-electron chi connectivity index (χ2n) is 4.28. The highest BCUT2D eigenvalue weighted by Crippen LogP contribution is 2.18. The van der Waals surface area contributed by atoms with E-state index < -0.39 is 0 Å². The van der Waals surface area contributed by atoms with Crippen LogP contribution in [0, 0.1) is 0 Å². The number of nitrogens with zero attached hydrogens (tertiary/aromatic N) is 1. The van der Waals surface area contributed by atoms with Gasteiger partial charge in [-0.2, -0.15) is 0 Å². The topological polar surface area (TPSA) is 49.9 Å². The standard InChI is InChI=1S/C15H19N3O/c1-3-10-19-14-7-5-4-6-13(14)11-18-12(2)15-16-8-9-17-15/h3-9,12,18H,1,10-11H2,2H3,(H,16,17). The Hall–Kier alpha value is -2.07. The van der Waals surface area contributed by atoms with Crippen LogP contribution in [0.4, 0.5) is 0 Å². The highest BCUT2D eigenvalue weighted by atomic mass is 16.5. The van der Waals surface area contributed by atoms with Gasteiger partial charge in [0, 0.05) is 24.5 Å². The molecule has 100 valence electrons. The number of ether oxygens (including phenoxy) is 1. The Morgan fingerprint density at radius 3 is 3.05 bits per heavy atom. The Morgan fingerprint density at radius 1 is 1.47 bits per heavy atom. The van der Waals surface area contributed by atoms with Gasteiger partial charge in [0.1, 0.15) is 18.2 Å². The van der Waals surface area contributed by atoms with E-state index >= 15 is 0 Å². The first kappa shape index (κ1) is 13.4. The number of rotatable bonds is 7. The predicted octanol–water partition coefficient (Wildman–Crippen LogP) is 2.83. The molecule has 2 aromatic rings. The zero-order valence-electron chi connectivity index (χ0n) is 11.1. The average molecular weight is 257 g/mol. The molecule has 0 aliphatic rings. The zero-order valence-corrected chi connectivity index (χ0v) is 11.1. The Bertz CT molecular complexity index is 508. The molecular weight excluding hydrogens is 238 g/mol. The molecule has 1 aromatic heterocycles. The summed E-state index contributed by atoms with van der Waals surface area (Å²) in [5, 5.41) is 3.42. The summed E-state index contributed by atoms with van der Waals surface area (Å²) in [7, 11) is 0. The summed E-state index contributed by atoms with van der Waals surface area (Å²) in [6.45, 7) is 6.99. The third-order valence-corrected chi connectivity index (χ3v) is 2.86. The third kappa shape index (κ3) is 3.69. The molecule has 19 heavy (non-hydrogen) atoms. The monoisotopic (exact) mass is 257 g/mol. The number of nitrogens with one attached hydrogen (secondary N) is 2. The van der Waals surface area contributed by atoms with E-state index in [9.17, 15) is 0 Å². The summed E-state index contributed by atoms with van der Waals surface area (Å²) in [5.41, 5.74) is 1.13. The van der Waals surface area contributed by atoms with Gasteiger partial charge in [-0.25, -0.2) is 4.98 Å². The molecule has 0 amide bonds. The first-order chi connectivity index (χ1) is 9.31. The largest absolute Gasteiger partial charge is 0.489 e. The van der Waals surface area contributed by atoms with Crippen LogP contribution in [0.3, 0.4) is 0 Å². The molecule has 0 fully saturated rings. The maximum absolute atomic E-state index is 5.63. The van der Waals surface area contributed by atoms with Crippen molar-refractivity contribution in [3.8, 4) is 5.75 Å². The van der Waals surface area contributed by atoms with Crippen LogP contribution in [-0.4, -0.2) is 16.6 Å². The molecule has 0 saturated heterocycles. The third-order valence-electron chi connectivity index (χ3n) is 2.86. The van der Waals surface area contributed by atoms with Crippen LogP contribution in [0.25, 0.3) is 0 Å². The van der Waals surface area contributed by atoms with E-state index in [0.29, 0.717) is 6.61 Å². The summed E-state index contributed by atoms with van der Waals surface area (Å²) in [5.74, 6) is 1.83. The van der Waals surface area contributed by atoms with Crippen LogP contribution in [0.15, 0.2) is 49.3 Å². The van der Waals surface area contributed by atoms with Crippen LogP contribution in [0.2, 0.25) is 0 Å². The fourth-order valence-corrected chi connectivity index (χ4v) is 1.81. The first-order valence-electron chi connectivity index (χ1n) is 6.35. The molecule has 0 aliphatic heterocycles. The number of imidazole rings is 1. The van der Waals surface area contributed by atoms with Crippen LogP contribution >= 0.6 is 0 Å². The fourth-order valence-electron chi connectivity index (χ4n) is 1.81. The van der Waals surface area contributed by atoms with E-state index in [-0.39, 0.29) is 6.04 Å². The molecule has 2 N–H and O–H groups in total. The van der Waals surface area contributed by atoms with Gasteiger partial charge >= 0.3 is 0 Å². The van der Waals surface area contributed by atoms with Crippen molar-refractivity contribution in [2.24, 2.45) is 0 Å². The normalized spacial score (nSPS) is 12.1. The van der Waals surface area contributed by atoms with Gasteiger partial charge in [-0.05, 0) is 13.0 Å². The number of hydrogen-bond donors (Lipinski definition) is 2. The van der Waals surface area contributed by atoms with Gasteiger partial charge in [-0.15, -0.1) is 0 Å². The molecule has 4 nitrogen and oxygen atoms in total. The zero-order chi connectivity index (χ0) is 13.5. The molecule has 0 aliphatic carbocycles. The number of para-hydroxylation sites is 1. The van der Waals surface area contributed by atoms with Crippen LogP contribution < -0.4 is 10.1 Å². The SMILES string of the molecule is C=CCOc1ccccc1CNC(C)c1ncc[nH]1. The van der Waals surface area contributed by atoms with Crippen LogP contribution in [0.5, 0.6) is 5.75 Å². The summed E-state index contributed by atoms with van der Waals surface area (Å²) in [6.07, 6.45) is 5.33. The van der Waals surface area contributed by atoms with Gasteiger partial charge in [0.2, 0.25) is 0 Å². The lowest BCUT2D eigenvalue weighted by Crippen LogP contribution is -2.19. The van der Waals surface area contributed by atoms with E-state index in [2.05, 4.69) is 34.9 Å². The summed E-state index contributed by atoms with van der Waals surface area (Å²) in [4.78, 5) is 7.34. The molecule has 1 atom stereocenters. The molecule has 0 bridgehead atoms. The number of H-pyrrole nitrogens is 1. The molecule has 1 heterocycles. The first-order valence-corrected chi connectivity index (χ1v) is 6.35. The van der Waals surface area contributed by atoms with Gasteiger partial charge in [0.15, 0.2) is 0 Å². The van der Waals surface area contributed by atoms with Crippen molar-refractivity contribution in [2.75, 3.05) is 6.61 Å². The number of benzene rings is 1. The molecule has 0 spiro atoms. The Labute approximate surface area is 113 Å². The molecule has 1 unspecified atom stereocenters. The number of aromatic amines is 1. The highest BCUT2D eigenvalue weighted by Gasteiger charge is 2.08.